The van der Waals surface area contributed by atoms with Crippen molar-refractivity contribution in [2.45, 2.75) is 11.4 Å². The third-order valence-corrected chi connectivity index (χ3v) is 2.95. The second kappa shape index (κ2) is 6.80. The van der Waals surface area contributed by atoms with Crippen LogP contribution in [-0.2, 0) is 9.53 Å². The zero-order valence-corrected chi connectivity index (χ0v) is 10.8. The number of methoxy groups -OCH3 is 1. The molecule has 0 unspecified atom stereocenters. The molecule has 0 aliphatic carbocycles. The number of nitro groups is 1. The van der Waals surface area contributed by atoms with Crippen LogP contribution in [0.25, 0.3) is 0 Å². The summed E-state index contributed by atoms with van der Waals surface area (Å²) in [4.78, 5) is 25.3. The lowest BCUT2D eigenvalue weighted by atomic mass is 10.4. The Hall–Kier alpha value is -1.83. The van der Waals surface area contributed by atoms with E-state index in [1.807, 2.05) is 0 Å². The van der Waals surface area contributed by atoms with Gasteiger partial charge in [-0.25, -0.2) is 4.98 Å². The molecule has 0 radical (unpaired) electrons. The summed E-state index contributed by atoms with van der Waals surface area (Å²) in [6.07, 6.45) is 0.237. The second-order valence-corrected chi connectivity index (χ2v) is 4.35. The highest BCUT2D eigenvalue weighted by atomic mass is 32.2. The van der Waals surface area contributed by atoms with Crippen molar-refractivity contribution in [1.29, 1.82) is 0 Å². The largest absolute Gasteiger partial charge is 0.469 e. The molecule has 1 rings (SSSR count). The zero-order chi connectivity index (χ0) is 13.5. The second-order valence-electron chi connectivity index (χ2n) is 3.23. The van der Waals surface area contributed by atoms with Gasteiger partial charge in [-0.15, -0.1) is 11.8 Å². The number of hydrogen-bond donors (Lipinski definition) is 1. The summed E-state index contributed by atoms with van der Waals surface area (Å²) in [7, 11) is 2.95. The maximum atomic E-state index is 10.9. The van der Waals surface area contributed by atoms with Gasteiger partial charge >= 0.3 is 5.97 Å². The highest BCUT2D eigenvalue weighted by molar-refractivity contribution is 7.99. The number of pyridine rings is 1. The van der Waals surface area contributed by atoms with Crippen LogP contribution in [0, 0.1) is 10.1 Å². The van der Waals surface area contributed by atoms with Gasteiger partial charge in [0.2, 0.25) is 0 Å². The summed E-state index contributed by atoms with van der Waals surface area (Å²) in [5.74, 6) is 0.566. The maximum absolute atomic E-state index is 10.9. The van der Waals surface area contributed by atoms with Crippen molar-refractivity contribution < 1.29 is 14.5 Å². The van der Waals surface area contributed by atoms with Crippen LogP contribution >= 0.6 is 11.8 Å². The molecule has 8 heteroatoms. The van der Waals surface area contributed by atoms with Gasteiger partial charge in [-0.3, -0.25) is 14.9 Å². The number of nitrogens with zero attached hydrogens (tertiary/aromatic N) is 2. The molecular formula is C10H13N3O4S. The smallest absolute Gasteiger partial charge is 0.306 e. The molecule has 1 heterocycles. The molecule has 0 aliphatic heterocycles. The van der Waals surface area contributed by atoms with Crippen molar-refractivity contribution in [3.63, 3.8) is 0 Å². The van der Waals surface area contributed by atoms with Crippen molar-refractivity contribution in [2.24, 2.45) is 0 Å². The topological polar surface area (TPSA) is 94.4 Å². The fraction of sp³-hybridized carbons (Fsp3) is 0.400. The van der Waals surface area contributed by atoms with Gasteiger partial charge in [-0.05, 0) is 0 Å². The molecule has 7 nitrogen and oxygen atoms in total. The Labute approximate surface area is 108 Å². The van der Waals surface area contributed by atoms with Crippen molar-refractivity contribution in [1.82, 2.24) is 4.98 Å². The third kappa shape index (κ3) is 4.21. The highest BCUT2D eigenvalue weighted by Crippen LogP contribution is 2.24. The predicted molar refractivity (Wildman–Crippen MR) is 67.8 cm³/mol. The van der Waals surface area contributed by atoms with E-state index in [1.165, 1.54) is 31.0 Å². The van der Waals surface area contributed by atoms with Crippen LogP contribution in [0.2, 0.25) is 0 Å². The number of carbonyl (C=O) groups excluding carboxylic acids is 1. The summed E-state index contributed by atoms with van der Waals surface area (Å²) in [6, 6.07) is 2.73. The summed E-state index contributed by atoms with van der Waals surface area (Å²) in [6.45, 7) is 0. The Balaban J connectivity index is 2.72. The minimum absolute atomic E-state index is 0.0325. The first-order chi connectivity index (χ1) is 8.56. The Morgan fingerprint density at radius 3 is 2.89 bits per heavy atom. The Morgan fingerprint density at radius 2 is 2.33 bits per heavy atom. The summed E-state index contributed by atoms with van der Waals surface area (Å²) < 4.78 is 4.50. The Morgan fingerprint density at radius 1 is 1.61 bits per heavy atom. The highest BCUT2D eigenvalue weighted by Gasteiger charge is 2.11. The lowest BCUT2D eigenvalue weighted by Crippen LogP contribution is -2.02. The van der Waals surface area contributed by atoms with E-state index in [0.29, 0.717) is 16.6 Å². The van der Waals surface area contributed by atoms with Crippen LogP contribution in [0.1, 0.15) is 6.42 Å². The average Bonchev–Trinajstić information content (AvgIpc) is 2.37. The fourth-order valence-electron chi connectivity index (χ4n) is 1.14. The van der Waals surface area contributed by atoms with Crippen LogP contribution in [0.3, 0.4) is 0 Å². The number of aromatic nitrogens is 1. The minimum Gasteiger partial charge on any atom is -0.469 e. The monoisotopic (exact) mass is 271 g/mol. The van der Waals surface area contributed by atoms with Gasteiger partial charge in [0.15, 0.2) is 0 Å². The van der Waals surface area contributed by atoms with E-state index < -0.39 is 4.92 Å². The first-order valence-electron chi connectivity index (χ1n) is 5.10. The summed E-state index contributed by atoms with van der Waals surface area (Å²) >= 11 is 1.27. The van der Waals surface area contributed by atoms with Crippen LogP contribution in [-0.4, -0.2) is 35.8 Å². The number of hydrogen-bond acceptors (Lipinski definition) is 7. The Kier molecular flexibility index (Phi) is 5.37. The number of rotatable bonds is 6. The molecule has 0 atom stereocenters. The zero-order valence-electron chi connectivity index (χ0n) is 10.0. The van der Waals surface area contributed by atoms with Gasteiger partial charge in [0, 0.05) is 18.9 Å². The maximum Gasteiger partial charge on any atom is 0.306 e. The van der Waals surface area contributed by atoms with Crippen LogP contribution < -0.4 is 5.32 Å². The first kappa shape index (κ1) is 14.2. The molecule has 18 heavy (non-hydrogen) atoms. The van der Waals surface area contributed by atoms with E-state index in [2.05, 4.69) is 15.0 Å². The van der Waals surface area contributed by atoms with Crippen LogP contribution in [0.15, 0.2) is 17.2 Å². The molecule has 1 N–H and O–H groups in total. The molecule has 0 saturated heterocycles. The molecule has 0 saturated carbocycles. The number of esters is 1. The number of carbonyl (C=O) groups is 1. The standard InChI is InChI=1S/C10H13N3O4S/c1-11-8-5-7(13(15)16)6-9(12-8)18-4-3-10(14)17-2/h5-6H,3-4H2,1-2H3,(H,11,12). The van der Waals surface area contributed by atoms with E-state index >= 15 is 0 Å². The van der Waals surface area contributed by atoms with E-state index in [0.717, 1.165) is 0 Å². The van der Waals surface area contributed by atoms with Gasteiger partial charge in [0.1, 0.15) is 10.8 Å². The molecule has 98 valence electrons. The molecule has 1 aromatic rings. The molecule has 0 fully saturated rings. The van der Waals surface area contributed by atoms with Gasteiger partial charge in [-0.2, -0.15) is 0 Å². The number of ether oxygens (including phenoxy) is 1. The first-order valence-corrected chi connectivity index (χ1v) is 6.09. The third-order valence-electron chi connectivity index (χ3n) is 2.04. The minimum atomic E-state index is -0.479. The molecule has 1 aromatic heterocycles. The molecule has 0 aliphatic rings. The lowest BCUT2D eigenvalue weighted by molar-refractivity contribution is -0.385. The fourth-order valence-corrected chi connectivity index (χ4v) is 1.98. The van der Waals surface area contributed by atoms with E-state index in [4.69, 9.17) is 0 Å². The number of nitrogens with one attached hydrogen (secondary N) is 1. The normalized spacial score (nSPS) is 9.89. The van der Waals surface area contributed by atoms with Crippen molar-refractivity contribution >= 4 is 29.2 Å². The number of thioether (sulfide) groups is 1. The SMILES string of the molecule is CNc1cc([N+](=O)[O-])cc(SCCC(=O)OC)n1. The summed E-state index contributed by atoms with van der Waals surface area (Å²) in [5, 5.41) is 14.0. The van der Waals surface area contributed by atoms with Crippen molar-refractivity contribution in [3.05, 3.63) is 22.2 Å². The molecule has 0 aromatic carbocycles. The van der Waals surface area contributed by atoms with Crippen molar-refractivity contribution in [2.75, 3.05) is 25.2 Å². The molecular weight excluding hydrogens is 258 g/mol. The molecule has 0 amide bonds. The number of anilines is 1. The van der Waals surface area contributed by atoms with Gasteiger partial charge in [-0.1, -0.05) is 0 Å². The predicted octanol–water partition coefficient (Wildman–Crippen LogP) is 1.69. The van der Waals surface area contributed by atoms with Crippen molar-refractivity contribution in [3.8, 4) is 0 Å². The van der Waals surface area contributed by atoms with Gasteiger partial charge in [0.05, 0.1) is 24.5 Å². The average molecular weight is 271 g/mol. The van der Waals surface area contributed by atoms with Gasteiger partial charge in [0.25, 0.3) is 5.69 Å². The van der Waals surface area contributed by atoms with Gasteiger partial charge < -0.3 is 10.1 Å². The molecule has 0 spiro atoms. The lowest BCUT2D eigenvalue weighted by Gasteiger charge is -2.04. The summed E-state index contributed by atoms with van der Waals surface area (Å²) in [5.41, 5.74) is -0.0325. The van der Waals surface area contributed by atoms with Crippen LogP contribution in [0.4, 0.5) is 11.5 Å². The Bertz CT molecular complexity index is 453. The quantitative estimate of drug-likeness (QED) is 0.364. The molecule has 0 bridgehead atoms. The van der Waals surface area contributed by atoms with Crippen LogP contribution in [0.5, 0.6) is 0 Å². The van der Waals surface area contributed by atoms with E-state index in [-0.39, 0.29) is 18.1 Å². The van der Waals surface area contributed by atoms with E-state index in [9.17, 15) is 14.9 Å². The van der Waals surface area contributed by atoms with E-state index in [1.54, 1.807) is 7.05 Å².